The highest BCUT2D eigenvalue weighted by Gasteiger charge is 2.28. The van der Waals surface area contributed by atoms with Gasteiger partial charge in [-0.15, -0.1) is 4.68 Å². The van der Waals surface area contributed by atoms with Crippen molar-refractivity contribution in [3.8, 4) is 33.6 Å². The van der Waals surface area contributed by atoms with Gasteiger partial charge in [-0.25, -0.2) is 0 Å². The first-order valence-corrected chi connectivity index (χ1v) is 9.96. The van der Waals surface area contributed by atoms with Gasteiger partial charge in [0.2, 0.25) is 0 Å². The van der Waals surface area contributed by atoms with E-state index >= 15 is 0 Å². The van der Waals surface area contributed by atoms with Gasteiger partial charge in [0, 0.05) is 21.5 Å². The van der Waals surface area contributed by atoms with Crippen molar-refractivity contribution in [1.82, 2.24) is 9.77 Å². The molecule has 0 fully saturated rings. The molecule has 2 aromatic heterocycles. The van der Waals surface area contributed by atoms with Gasteiger partial charge in [-0.1, -0.05) is 66.7 Å². The van der Waals surface area contributed by atoms with E-state index in [9.17, 15) is 0 Å². The maximum absolute atomic E-state index is 4.40. The van der Waals surface area contributed by atoms with E-state index in [0.29, 0.717) is 0 Å². The molecule has 0 aliphatic carbocycles. The van der Waals surface area contributed by atoms with Crippen LogP contribution in [0.3, 0.4) is 0 Å². The molecule has 0 spiro atoms. The Morgan fingerprint density at radius 3 is 1.50 bits per heavy atom. The predicted octanol–water partition coefficient (Wildman–Crippen LogP) is 4.31. The Morgan fingerprint density at radius 1 is 0.600 bits per heavy atom. The zero-order valence-electron chi connectivity index (χ0n) is 16.8. The second-order valence-electron chi connectivity index (χ2n) is 7.22. The third-order valence-electron chi connectivity index (χ3n) is 5.16. The number of aromatic nitrogens is 4. The van der Waals surface area contributed by atoms with Gasteiger partial charge in [0.05, 0.1) is 11.1 Å². The number of hydrogen-bond acceptors (Lipinski definition) is 1. The van der Waals surface area contributed by atoms with Crippen molar-refractivity contribution < 1.29 is 9.36 Å². The van der Waals surface area contributed by atoms with Gasteiger partial charge in [-0.3, -0.25) is 0 Å². The molecule has 4 heteroatoms. The number of pyridine rings is 1. The minimum atomic E-state index is 1.09. The lowest BCUT2D eigenvalue weighted by molar-refractivity contribution is -0.754. The van der Waals surface area contributed by atoms with E-state index in [0.717, 1.165) is 22.5 Å². The molecular formula is C26H22N4+2. The Kier molecular flexibility index (Phi) is 4.66. The van der Waals surface area contributed by atoms with Crippen molar-refractivity contribution in [3.63, 3.8) is 0 Å². The first-order valence-electron chi connectivity index (χ1n) is 9.96. The van der Waals surface area contributed by atoms with Crippen LogP contribution in [-0.4, -0.2) is 9.77 Å². The van der Waals surface area contributed by atoms with Crippen molar-refractivity contribution >= 4 is 0 Å². The van der Waals surface area contributed by atoms with E-state index in [1.165, 1.54) is 11.1 Å². The zero-order valence-corrected chi connectivity index (χ0v) is 16.8. The lowest BCUT2D eigenvalue weighted by Gasteiger charge is -2.09. The monoisotopic (exact) mass is 390 g/mol. The van der Waals surface area contributed by atoms with Crippen LogP contribution in [0.5, 0.6) is 0 Å². The first-order chi connectivity index (χ1) is 14.8. The second-order valence-corrected chi connectivity index (χ2v) is 7.22. The summed E-state index contributed by atoms with van der Waals surface area (Å²) in [6, 6.07) is 36.0. The molecule has 5 aromatic rings. The van der Waals surface area contributed by atoms with Crippen molar-refractivity contribution in [2.24, 2.45) is 7.05 Å². The number of aryl methyl sites for hydroxylation is 1. The summed E-state index contributed by atoms with van der Waals surface area (Å²) in [7, 11) is 1.93. The number of nitrogens with zero attached hydrogens (tertiary/aromatic N) is 4. The molecule has 3 aromatic carbocycles. The fourth-order valence-corrected chi connectivity index (χ4v) is 3.73. The SMILES string of the molecule is C[n+]1cn(-[n+]2c(-c3ccccc3)cc(-c3ccccc3)cc2-c2ccccc2)cn1. The Balaban J connectivity index is 1.87. The van der Waals surface area contributed by atoms with Crippen LogP contribution in [0.15, 0.2) is 116 Å². The summed E-state index contributed by atoms with van der Waals surface area (Å²) >= 11 is 0. The molecule has 0 radical (unpaired) electrons. The average Bonchev–Trinajstić information content (AvgIpc) is 3.26. The van der Waals surface area contributed by atoms with Crippen LogP contribution in [0, 0.1) is 0 Å². The van der Waals surface area contributed by atoms with Gasteiger partial charge in [0.25, 0.3) is 17.7 Å². The number of hydrogen-bond donors (Lipinski definition) is 0. The Bertz CT molecular complexity index is 1220. The summed E-state index contributed by atoms with van der Waals surface area (Å²) in [6.07, 6.45) is 3.81. The first kappa shape index (κ1) is 18.0. The summed E-state index contributed by atoms with van der Waals surface area (Å²) in [5.41, 5.74) is 6.83. The van der Waals surface area contributed by atoms with Crippen molar-refractivity contribution in [2.75, 3.05) is 0 Å². The summed E-state index contributed by atoms with van der Waals surface area (Å²) in [5, 5.41) is 4.40. The molecule has 0 aliphatic rings. The lowest BCUT2D eigenvalue weighted by Crippen LogP contribution is -2.46. The molecule has 2 heterocycles. The van der Waals surface area contributed by atoms with Gasteiger partial charge in [-0.2, -0.15) is 0 Å². The van der Waals surface area contributed by atoms with Crippen LogP contribution < -0.4 is 9.36 Å². The van der Waals surface area contributed by atoms with Crippen LogP contribution in [0.1, 0.15) is 0 Å². The van der Waals surface area contributed by atoms with Crippen LogP contribution in [0.2, 0.25) is 0 Å². The highest BCUT2D eigenvalue weighted by molar-refractivity contribution is 5.73. The van der Waals surface area contributed by atoms with E-state index < -0.39 is 0 Å². The maximum Gasteiger partial charge on any atom is 0.329 e. The predicted molar refractivity (Wildman–Crippen MR) is 117 cm³/mol. The molecule has 0 N–H and O–H groups in total. The van der Waals surface area contributed by atoms with Gasteiger partial charge in [0.1, 0.15) is 7.05 Å². The summed E-state index contributed by atoms with van der Waals surface area (Å²) < 4.78 is 6.05. The summed E-state index contributed by atoms with van der Waals surface area (Å²) in [6.45, 7) is 0. The van der Waals surface area contributed by atoms with Crippen molar-refractivity contribution in [3.05, 3.63) is 116 Å². The fourth-order valence-electron chi connectivity index (χ4n) is 3.73. The van der Waals surface area contributed by atoms with Gasteiger partial charge >= 0.3 is 6.33 Å². The highest BCUT2D eigenvalue weighted by Crippen LogP contribution is 2.29. The van der Waals surface area contributed by atoms with Crippen LogP contribution in [0.4, 0.5) is 0 Å². The Hall–Kier alpha value is -4.05. The molecular weight excluding hydrogens is 368 g/mol. The second kappa shape index (κ2) is 7.76. The van der Waals surface area contributed by atoms with Crippen molar-refractivity contribution in [2.45, 2.75) is 0 Å². The minimum Gasteiger partial charge on any atom is -0.135 e. The molecule has 0 atom stereocenters. The van der Waals surface area contributed by atoms with E-state index in [-0.39, 0.29) is 0 Å². The topological polar surface area (TPSA) is 25.6 Å². The van der Waals surface area contributed by atoms with E-state index in [4.69, 9.17) is 0 Å². The van der Waals surface area contributed by atoms with E-state index in [1.54, 1.807) is 0 Å². The molecule has 0 aliphatic heterocycles. The standard InChI is InChI=1S/C26H22N4/c1-28-20-29(19-27-28)30-25(22-13-7-3-8-14-22)17-24(21-11-5-2-6-12-21)18-26(30)23-15-9-4-10-16-23/h2-20H,1H3/q+2. The fraction of sp³-hybridized carbons (Fsp3) is 0.0385. The molecule has 0 unspecified atom stereocenters. The average molecular weight is 390 g/mol. The number of benzene rings is 3. The largest absolute Gasteiger partial charge is 0.329 e. The quantitative estimate of drug-likeness (QED) is 0.420. The molecule has 0 saturated carbocycles. The van der Waals surface area contributed by atoms with Crippen LogP contribution in [-0.2, 0) is 7.05 Å². The molecule has 5 rings (SSSR count). The molecule has 0 bridgehead atoms. The van der Waals surface area contributed by atoms with Gasteiger partial charge in [-0.05, 0) is 40.5 Å². The lowest BCUT2D eigenvalue weighted by atomic mass is 10.00. The Labute approximate surface area is 175 Å². The van der Waals surface area contributed by atoms with Crippen molar-refractivity contribution in [1.29, 1.82) is 0 Å². The third-order valence-corrected chi connectivity index (χ3v) is 5.16. The summed E-state index contributed by atoms with van der Waals surface area (Å²) in [5.74, 6) is 0. The van der Waals surface area contributed by atoms with Gasteiger partial charge < -0.3 is 0 Å². The van der Waals surface area contributed by atoms with Gasteiger partial charge in [0.15, 0.2) is 0 Å². The maximum atomic E-state index is 4.40. The third kappa shape index (κ3) is 3.40. The molecule has 0 saturated heterocycles. The Morgan fingerprint density at radius 2 is 1.07 bits per heavy atom. The highest BCUT2D eigenvalue weighted by atomic mass is 15.5. The minimum absolute atomic E-state index is 1.09. The van der Waals surface area contributed by atoms with Crippen LogP contribution >= 0.6 is 0 Å². The summed E-state index contributed by atoms with van der Waals surface area (Å²) in [4.78, 5) is 0. The zero-order chi connectivity index (χ0) is 20.3. The molecule has 0 amide bonds. The normalized spacial score (nSPS) is 10.8. The molecule has 30 heavy (non-hydrogen) atoms. The smallest absolute Gasteiger partial charge is 0.135 e. The number of rotatable bonds is 4. The van der Waals surface area contributed by atoms with E-state index in [2.05, 4.69) is 94.7 Å². The molecule has 4 nitrogen and oxygen atoms in total. The van der Waals surface area contributed by atoms with Crippen LogP contribution in [0.25, 0.3) is 33.6 Å². The van der Waals surface area contributed by atoms with E-state index in [1.807, 2.05) is 47.3 Å². The molecule has 144 valence electrons.